The van der Waals surface area contributed by atoms with E-state index in [4.69, 9.17) is 0 Å². The molecule has 0 aliphatic carbocycles. The summed E-state index contributed by atoms with van der Waals surface area (Å²) in [5.74, 6) is 0. The lowest BCUT2D eigenvalue weighted by Gasteiger charge is -2.08. The summed E-state index contributed by atoms with van der Waals surface area (Å²) < 4.78 is 0. The molecule has 0 aliphatic heterocycles. The second kappa shape index (κ2) is 20.9. The molecule has 0 aromatic rings. The Labute approximate surface area is 142 Å². The lowest BCUT2D eigenvalue weighted by molar-refractivity contribution is 0.389. The van der Waals surface area contributed by atoms with Gasteiger partial charge in [-0.15, -0.1) is 0 Å². The Morgan fingerprint density at radius 2 is 0.682 bits per heavy atom. The lowest BCUT2D eigenvalue weighted by Crippen LogP contribution is -2.12. The number of hydrogen-bond acceptors (Lipinski definition) is 2. The molecule has 2 nitrogen and oxygen atoms in total. The Hall–Kier alpha value is -0.0800. The van der Waals surface area contributed by atoms with Crippen molar-refractivity contribution in [2.75, 3.05) is 41.3 Å². The van der Waals surface area contributed by atoms with Crippen LogP contribution in [0.4, 0.5) is 0 Å². The van der Waals surface area contributed by atoms with Gasteiger partial charge in [0.2, 0.25) is 0 Å². The number of nitrogens with zero attached hydrogens (tertiary/aromatic N) is 2. The molecule has 0 aromatic heterocycles. The molecule has 22 heavy (non-hydrogen) atoms. The first-order valence-electron chi connectivity index (χ1n) is 9.84. The van der Waals surface area contributed by atoms with Crippen LogP contribution in [0, 0.1) is 0 Å². The topological polar surface area (TPSA) is 6.48 Å². The number of unbranched alkanes of at least 4 members (excludes halogenated alkanes) is 10. The summed E-state index contributed by atoms with van der Waals surface area (Å²) in [6.07, 6.45) is 16.9. The van der Waals surface area contributed by atoms with Gasteiger partial charge in [0.1, 0.15) is 0 Å². The highest BCUT2D eigenvalue weighted by atomic mass is 15.0. The summed E-state index contributed by atoms with van der Waals surface area (Å²) in [7, 11) is 8.58. The van der Waals surface area contributed by atoms with Gasteiger partial charge in [-0.1, -0.05) is 78.1 Å². The molecule has 0 aromatic carbocycles. The van der Waals surface area contributed by atoms with Gasteiger partial charge in [0.05, 0.1) is 0 Å². The highest BCUT2D eigenvalue weighted by molar-refractivity contribution is 4.47. The van der Waals surface area contributed by atoms with Crippen molar-refractivity contribution in [1.29, 1.82) is 0 Å². The average Bonchev–Trinajstić information content (AvgIpc) is 2.46. The molecule has 0 saturated carbocycles. The largest absolute Gasteiger partial charge is 0.309 e. The monoisotopic (exact) mass is 314 g/mol. The molecule has 0 N–H and O–H groups in total. The zero-order valence-electron chi connectivity index (χ0n) is 16.8. The number of hydrogen-bond donors (Lipinski definition) is 0. The predicted molar refractivity (Wildman–Crippen MR) is 104 cm³/mol. The van der Waals surface area contributed by atoms with Gasteiger partial charge in [0.15, 0.2) is 0 Å². The van der Waals surface area contributed by atoms with Crippen molar-refractivity contribution in [2.45, 2.75) is 90.9 Å². The van der Waals surface area contributed by atoms with Crippen molar-refractivity contribution >= 4 is 0 Å². The zero-order chi connectivity index (χ0) is 17.1. The van der Waals surface area contributed by atoms with Gasteiger partial charge in [-0.05, 0) is 54.1 Å². The summed E-state index contributed by atoms with van der Waals surface area (Å²) in [6.45, 7) is 7.04. The van der Waals surface area contributed by atoms with Gasteiger partial charge in [0.25, 0.3) is 0 Å². The van der Waals surface area contributed by atoms with E-state index >= 15 is 0 Å². The summed E-state index contributed by atoms with van der Waals surface area (Å²) in [5, 5.41) is 0. The molecule has 0 amide bonds. The van der Waals surface area contributed by atoms with Crippen molar-refractivity contribution in [3.63, 3.8) is 0 Å². The van der Waals surface area contributed by atoms with Crippen LogP contribution in [0.2, 0.25) is 0 Å². The Morgan fingerprint density at radius 3 is 0.955 bits per heavy atom. The van der Waals surface area contributed by atoms with Crippen LogP contribution in [0.1, 0.15) is 90.9 Å². The molecule has 0 rings (SSSR count). The van der Waals surface area contributed by atoms with Crippen LogP contribution in [0.3, 0.4) is 0 Å². The molecule has 2 heteroatoms. The van der Waals surface area contributed by atoms with Crippen LogP contribution in [0.25, 0.3) is 0 Å². The maximum Gasteiger partial charge on any atom is -0.00248 e. The normalized spacial score (nSPS) is 10.9. The van der Waals surface area contributed by atoms with Crippen molar-refractivity contribution in [2.24, 2.45) is 0 Å². The van der Waals surface area contributed by atoms with Crippen molar-refractivity contribution < 1.29 is 0 Å². The third-order valence-corrected chi connectivity index (χ3v) is 3.92. The molecule has 0 atom stereocenters. The second-order valence-corrected chi connectivity index (χ2v) is 7.14. The molecule has 0 unspecified atom stereocenters. The van der Waals surface area contributed by atoms with Crippen molar-refractivity contribution in [1.82, 2.24) is 9.80 Å². The fourth-order valence-corrected chi connectivity index (χ4v) is 2.42. The molecule has 136 valence electrons. The summed E-state index contributed by atoms with van der Waals surface area (Å²) in [4.78, 5) is 4.53. The van der Waals surface area contributed by atoms with Crippen LogP contribution in [0.5, 0.6) is 0 Å². The van der Waals surface area contributed by atoms with Crippen LogP contribution < -0.4 is 0 Å². The van der Waals surface area contributed by atoms with Crippen LogP contribution >= 0.6 is 0 Å². The fourth-order valence-electron chi connectivity index (χ4n) is 2.42. The van der Waals surface area contributed by atoms with Gasteiger partial charge in [-0.2, -0.15) is 0 Å². The second-order valence-electron chi connectivity index (χ2n) is 7.14. The van der Waals surface area contributed by atoms with Crippen LogP contribution in [-0.2, 0) is 0 Å². The van der Waals surface area contributed by atoms with E-state index in [1.165, 1.54) is 90.1 Å². The first-order chi connectivity index (χ1) is 10.5. The molecule has 0 fully saturated rings. The fraction of sp³-hybridized carbons (Fsp3) is 1.00. The molecule has 0 radical (unpaired) electrons. The third kappa shape index (κ3) is 28.1. The standard InChI is InChI=1S/2C10H23N/c2*1-4-5-6-7-8-9-10-11(2)3/h2*4-10H2,1-3H3. The Bertz CT molecular complexity index is 159. The average molecular weight is 315 g/mol. The van der Waals surface area contributed by atoms with Gasteiger partial charge >= 0.3 is 0 Å². The van der Waals surface area contributed by atoms with E-state index in [0.29, 0.717) is 0 Å². The zero-order valence-corrected chi connectivity index (χ0v) is 16.8. The van der Waals surface area contributed by atoms with Crippen LogP contribution in [-0.4, -0.2) is 51.1 Å². The molecular formula is C20H46N2. The molecule has 0 heterocycles. The van der Waals surface area contributed by atoms with Gasteiger partial charge in [0, 0.05) is 0 Å². The maximum absolute atomic E-state index is 2.26. The number of rotatable bonds is 14. The van der Waals surface area contributed by atoms with E-state index in [-0.39, 0.29) is 0 Å². The highest BCUT2D eigenvalue weighted by Crippen LogP contribution is 2.05. The lowest BCUT2D eigenvalue weighted by atomic mass is 10.1. The van der Waals surface area contributed by atoms with E-state index in [1.807, 2.05) is 0 Å². The van der Waals surface area contributed by atoms with Gasteiger partial charge in [-0.25, -0.2) is 0 Å². The summed E-state index contributed by atoms with van der Waals surface area (Å²) >= 11 is 0. The quantitative estimate of drug-likeness (QED) is 0.373. The first-order valence-corrected chi connectivity index (χ1v) is 9.84. The van der Waals surface area contributed by atoms with Crippen molar-refractivity contribution in [3.05, 3.63) is 0 Å². The van der Waals surface area contributed by atoms with Crippen molar-refractivity contribution in [3.8, 4) is 0 Å². The van der Waals surface area contributed by atoms with Gasteiger partial charge < -0.3 is 9.80 Å². The third-order valence-electron chi connectivity index (χ3n) is 3.92. The Morgan fingerprint density at radius 1 is 0.409 bits per heavy atom. The predicted octanol–water partition coefficient (Wildman–Crippen LogP) is 5.82. The van der Waals surface area contributed by atoms with E-state index in [0.717, 1.165) is 0 Å². The minimum absolute atomic E-state index is 1.26. The first kappa shape index (κ1) is 24.2. The molecular weight excluding hydrogens is 268 g/mol. The minimum Gasteiger partial charge on any atom is -0.309 e. The van der Waals surface area contributed by atoms with E-state index in [2.05, 4.69) is 51.8 Å². The smallest absolute Gasteiger partial charge is 0.00248 e. The summed E-state index contributed by atoms with van der Waals surface area (Å²) in [5.41, 5.74) is 0. The highest BCUT2D eigenvalue weighted by Gasteiger charge is 1.91. The Kier molecular flexibility index (Phi) is 23.0. The Balaban J connectivity index is 0. The maximum atomic E-state index is 2.26. The van der Waals surface area contributed by atoms with E-state index < -0.39 is 0 Å². The van der Waals surface area contributed by atoms with Crippen LogP contribution in [0.15, 0.2) is 0 Å². The summed E-state index contributed by atoms with van der Waals surface area (Å²) in [6, 6.07) is 0. The van der Waals surface area contributed by atoms with E-state index in [1.54, 1.807) is 0 Å². The molecule has 0 aliphatic rings. The molecule has 0 bridgehead atoms. The SMILES string of the molecule is CCCCCCCCN(C)C.CCCCCCCCN(C)C. The minimum atomic E-state index is 1.26. The van der Waals surface area contributed by atoms with E-state index in [9.17, 15) is 0 Å². The molecule has 0 saturated heterocycles. The molecule has 0 spiro atoms. The van der Waals surface area contributed by atoms with Gasteiger partial charge in [-0.3, -0.25) is 0 Å².